The van der Waals surface area contributed by atoms with E-state index in [0.29, 0.717) is 0 Å². The second kappa shape index (κ2) is 9.26. The third kappa shape index (κ3) is 7.19. The first-order valence-electron chi connectivity index (χ1n) is 7.34. The molecule has 0 radical (unpaired) electrons. The monoisotopic (exact) mass is 237 g/mol. The lowest BCUT2D eigenvalue weighted by Crippen LogP contribution is -2.23. The Kier molecular flexibility index (Phi) is 7.78. The van der Waals surface area contributed by atoms with E-state index in [1.54, 1.807) is 0 Å². The van der Waals surface area contributed by atoms with Crippen LogP contribution in [0.3, 0.4) is 0 Å². The summed E-state index contributed by atoms with van der Waals surface area (Å²) in [6.07, 6.45) is 19.1. The SMILES string of the molecule is CCCCCCCCCCCn1cc[n+](C)c1. The lowest BCUT2D eigenvalue weighted by molar-refractivity contribution is -0.671. The molecular formula is C15H29N2+. The summed E-state index contributed by atoms with van der Waals surface area (Å²) in [5.41, 5.74) is 0. The summed E-state index contributed by atoms with van der Waals surface area (Å²) in [5, 5.41) is 0. The summed E-state index contributed by atoms with van der Waals surface area (Å²) in [7, 11) is 2.08. The van der Waals surface area contributed by atoms with Crippen molar-refractivity contribution in [1.29, 1.82) is 0 Å². The number of nitrogens with zero attached hydrogens (tertiary/aromatic N) is 2. The Labute approximate surface area is 107 Å². The highest BCUT2D eigenvalue weighted by atomic mass is 15.1. The van der Waals surface area contributed by atoms with Gasteiger partial charge in [0.25, 0.3) is 0 Å². The van der Waals surface area contributed by atoms with E-state index in [1.165, 1.54) is 64.3 Å². The Morgan fingerprint density at radius 2 is 1.47 bits per heavy atom. The molecule has 0 unspecified atom stereocenters. The molecule has 1 aromatic rings. The van der Waals surface area contributed by atoms with Crippen molar-refractivity contribution in [2.75, 3.05) is 0 Å². The first kappa shape index (κ1) is 14.3. The van der Waals surface area contributed by atoms with Gasteiger partial charge in [-0.1, -0.05) is 51.9 Å². The van der Waals surface area contributed by atoms with Crippen LogP contribution in [0.2, 0.25) is 0 Å². The molecule has 0 spiro atoms. The molecule has 1 rings (SSSR count). The number of unbranched alkanes of at least 4 members (excludes halogenated alkanes) is 8. The minimum Gasteiger partial charge on any atom is -0.240 e. The molecule has 98 valence electrons. The van der Waals surface area contributed by atoms with Crippen LogP contribution in [0.4, 0.5) is 0 Å². The quantitative estimate of drug-likeness (QED) is 0.432. The van der Waals surface area contributed by atoms with Crippen LogP contribution in [0.1, 0.15) is 64.7 Å². The van der Waals surface area contributed by atoms with Gasteiger partial charge >= 0.3 is 0 Å². The van der Waals surface area contributed by atoms with E-state index in [2.05, 4.69) is 41.8 Å². The smallest absolute Gasteiger partial charge is 0.240 e. The van der Waals surface area contributed by atoms with Crippen LogP contribution >= 0.6 is 0 Å². The van der Waals surface area contributed by atoms with Crippen LogP contribution in [0.15, 0.2) is 18.7 Å². The fourth-order valence-electron chi connectivity index (χ4n) is 2.24. The minimum absolute atomic E-state index is 1.18. The van der Waals surface area contributed by atoms with Gasteiger partial charge < -0.3 is 0 Å². The fraction of sp³-hybridized carbons (Fsp3) is 0.800. The predicted octanol–water partition coefficient (Wildman–Crippen LogP) is 3.84. The molecule has 1 aromatic heterocycles. The Balaban J connectivity index is 1.84. The maximum Gasteiger partial charge on any atom is 0.243 e. The average molecular weight is 237 g/mol. The average Bonchev–Trinajstić information content (AvgIpc) is 2.73. The lowest BCUT2D eigenvalue weighted by atomic mass is 10.1. The topological polar surface area (TPSA) is 8.81 Å². The Bertz CT molecular complexity index is 278. The highest BCUT2D eigenvalue weighted by Gasteiger charge is 1.99. The van der Waals surface area contributed by atoms with Gasteiger partial charge in [0.05, 0.1) is 13.6 Å². The Morgan fingerprint density at radius 1 is 0.882 bits per heavy atom. The van der Waals surface area contributed by atoms with E-state index in [9.17, 15) is 0 Å². The van der Waals surface area contributed by atoms with E-state index in [-0.39, 0.29) is 0 Å². The van der Waals surface area contributed by atoms with Crippen molar-refractivity contribution in [3.8, 4) is 0 Å². The van der Waals surface area contributed by atoms with Crippen LogP contribution in [0.25, 0.3) is 0 Å². The molecule has 1 heterocycles. The van der Waals surface area contributed by atoms with Gasteiger partial charge in [0, 0.05) is 0 Å². The van der Waals surface area contributed by atoms with Crippen LogP contribution in [0.5, 0.6) is 0 Å². The third-order valence-corrected chi connectivity index (χ3v) is 3.34. The number of rotatable bonds is 10. The van der Waals surface area contributed by atoms with Crippen molar-refractivity contribution in [2.45, 2.75) is 71.3 Å². The van der Waals surface area contributed by atoms with Crippen molar-refractivity contribution in [1.82, 2.24) is 4.57 Å². The lowest BCUT2D eigenvalue weighted by Gasteiger charge is -2.00. The normalized spacial score (nSPS) is 10.9. The van der Waals surface area contributed by atoms with E-state index in [4.69, 9.17) is 0 Å². The number of aromatic nitrogens is 2. The summed E-state index contributed by atoms with van der Waals surface area (Å²) in [4.78, 5) is 0. The van der Waals surface area contributed by atoms with Crippen LogP contribution in [0, 0.1) is 0 Å². The predicted molar refractivity (Wildman–Crippen MR) is 72.8 cm³/mol. The molecule has 17 heavy (non-hydrogen) atoms. The van der Waals surface area contributed by atoms with Crippen LogP contribution in [-0.2, 0) is 13.6 Å². The maximum atomic E-state index is 2.28. The van der Waals surface area contributed by atoms with Gasteiger partial charge in [-0.2, -0.15) is 0 Å². The van der Waals surface area contributed by atoms with Crippen molar-refractivity contribution >= 4 is 0 Å². The Morgan fingerprint density at radius 3 is 2.00 bits per heavy atom. The molecule has 0 fully saturated rings. The van der Waals surface area contributed by atoms with Crippen molar-refractivity contribution in [3.05, 3.63) is 18.7 Å². The standard InChI is InChI=1S/C15H29N2/c1-3-4-5-6-7-8-9-10-11-12-17-14-13-16(2)15-17/h13-15H,3-12H2,1-2H3/q+1. The fourth-order valence-corrected chi connectivity index (χ4v) is 2.24. The first-order valence-corrected chi connectivity index (χ1v) is 7.34. The molecule has 0 N–H and O–H groups in total. The number of aryl methyl sites for hydroxylation is 2. The molecule has 0 saturated carbocycles. The van der Waals surface area contributed by atoms with Crippen molar-refractivity contribution in [2.24, 2.45) is 7.05 Å². The highest BCUT2D eigenvalue weighted by Crippen LogP contribution is 2.09. The summed E-state index contributed by atoms with van der Waals surface area (Å²) in [6.45, 7) is 3.46. The second-order valence-corrected chi connectivity index (χ2v) is 5.15. The van der Waals surface area contributed by atoms with Gasteiger partial charge in [0.15, 0.2) is 0 Å². The molecule has 0 aliphatic carbocycles. The molecule has 0 atom stereocenters. The number of imidazole rings is 1. The summed E-state index contributed by atoms with van der Waals surface area (Å²) in [6, 6.07) is 0. The van der Waals surface area contributed by atoms with E-state index in [1.807, 2.05) is 0 Å². The zero-order valence-corrected chi connectivity index (χ0v) is 11.7. The highest BCUT2D eigenvalue weighted by molar-refractivity contribution is 4.65. The second-order valence-electron chi connectivity index (χ2n) is 5.15. The number of hydrogen-bond acceptors (Lipinski definition) is 0. The maximum absolute atomic E-state index is 2.28. The van der Waals surface area contributed by atoms with Gasteiger partial charge in [-0.15, -0.1) is 0 Å². The van der Waals surface area contributed by atoms with E-state index < -0.39 is 0 Å². The van der Waals surface area contributed by atoms with Gasteiger partial charge in [-0.25, -0.2) is 9.13 Å². The number of hydrogen-bond donors (Lipinski definition) is 0. The van der Waals surface area contributed by atoms with E-state index >= 15 is 0 Å². The van der Waals surface area contributed by atoms with Crippen molar-refractivity contribution < 1.29 is 4.57 Å². The van der Waals surface area contributed by atoms with Gasteiger partial charge in [-0.05, 0) is 12.8 Å². The van der Waals surface area contributed by atoms with Gasteiger partial charge in [0.2, 0.25) is 6.33 Å². The molecule has 2 nitrogen and oxygen atoms in total. The molecule has 0 aromatic carbocycles. The Hall–Kier alpha value is -0.790. The zero-order chi connectivity index (χ0) is 12.3. The first-order chi connectivity index (χ1) is 8.33. The molecule has 0 saturated heterocycles. The van der Waals surface area contributed by atoms with Gasteiger partial charge in [-0.3, -0.25) is 0 Å². The molecule has 2 heteroatoms. The van der Waals surface area contributed by atoms with Gasteiger partial charge in [0.1, 0.15) is 12.4 Å². The summed E-state index contributed by atoms with van der Waals surface area (Å²) in [5.74, 6) is 0. The largest absolute Gasteiger partial charge is 0.243 e. The minimum atomic E-state index is 1.18. The molecule has 0 amide bonds. The molecule has 0 bridgehead atoms. The summed E-state index contributed by atoms with van der Waals surface area (Å²) < 4.78 is 4.38. The molecule has 0 aliphatic rings. The molecular weight excluding hydrogens is 208 g/mol. The van der Waals surface area contributed by atoms with E-state index in [0.717, 1.165) is 0 Å². The summed E-state index contributed by atoms with van der Waals surface area (Å²) >= 11 is 0. The molecule has 0 aliphatic heterocycles. The third-order valence-electron chi connectivity index (χ3n) is 3.34. The van der Waals surface area contributed by atoms with Crippen LogP contribution in [-0.4, -0.2) is 4.57 Å². The van der Waals surface area contributed by atoms with Crippen LogP contribution < -0.4 is 4.57 Å². The zero-order valence-electron chi connectivity index (χ0n) is 11.7. The van der Waals surface area contributed by atoms with Crippen molar-refractivity contribution in [3.63, 3.8) is 0 Å².